The van der Waals surface area contributed by atoms with Gasteiger partial charge in [-0.2, -0.15) is 0 Å². The minimum absolute atomic E-state index is 0.0766. The normalized spacial score (nSPS) is 25.3. The van der Waals surface area contributed by atoms with E-state index in [1.165, 1.54) is 0 Å². The van der Waals surface area contributed by atoms with Crippen LogP contribution >= 0.6 is 0 Å². The predicted molar refractivity (Wildman–Crippen MR) is 51.2 cm³/mol. The molecule has 2 atom stereocenters. The molecule has 1 amide bonds. The predicted octanol–water partition coefficient (Wildman–Crippen LogP) is 0.872. The van der Waals surface area contributed by atoms with Gasteiger partial charge < -0.3 is 10.0 Å². The number of carbonyl (C=O) groups is 1. The zero-order valence-corrected chi connectivity index (χ0v) is 8.66. The third-order valence-electron chi connectivity index (χ3n) is 2.71. The summed E-state index contributed by atoms with van der Waals surface area (Å²) in [7, 11) is 0. The van der Waals surface area contributed by atoms with Crippen molar-refractivity contribution in [3.63, 3.8) is 0 Å². The molecule has 1 aliphatic rings. The molecule has 1 fully saturated rings. The number of amides is 1. The van der Waals surface area contributed by atoms with Gasteiger partial charge in [-0.1, -0.05) is 13.8 Å². The Morgan fingerprint density at radius 3 is 2.46 bits per heavy atom. The molecule has 0 radical (unpaired) electrons. The highest BCUT2D eigenvalue weighted by atomic mass is 16.3. The molecule has 0 saturated carbocycles. The molecule has 0 aromatic heterocycles. The third kappa shape index (κ3) is 2.44. The summed E-state index contributed by atoms with van der Waals surface area (Å²) in [4.78, 5) is 13.4. The second kappa shape index (κ2) is 4.09. The van der Waals surface area contributed by atoms with Crippen LogP contribution in [-0.4, -0.2) is 35.1 Å². The largest absolute Gasteiger partial charge is 0.393 e. The highest BCUT2D eigenvalue weighted by Crippen LogP contribution is 2.20. The van der Waals surface area contributed by atoms with Crippen LogP contribution in [0.4, 0.5) is 0 Å². The van der Waals surface area contributed by atoms with Crippen molar-refractivity contribution in [2.45, 2.75) is 33.3 Å². The maximum Gasteiger partial charge on any atom is 0.225 e. The standard InChI is InChI=1S/C10H19NO2/c1-7(2)10(13)11-5-4-9(6-11)8(3)12/h7-9,12H,4-6H2,1-3H3. The van der Waals surface area contributed by atoms with E-state index in [0.717, 1.165) is 19.5 Å². The van der Waals surface area contributed by atoms with Gasteiger partial charge in [0.05, 0.1) is 6.10 Å². The van der Waals surface area contributed by atoms with Crippen LogP contribution in [0.2, 0.25) is 0 Å². The lowest BCUT2D eigenvalue weighted by molar-refractivity contribution is -0.133. The first-order valence-corrected chi connectivity index (χ1v) is 4.99. The van der Waals surface area contributed by atoms with Gasteiger partial charge in [0.2, 0.25) is 5.91 Å². The van der Waals surface area contributed by atoms with Gasteiger partial charge in [0, 0.05) is 24.9 Å². The summed E-state index contributed by atoms with van der Waals surface area (Å²) in [5.74, 6) is 0.568. The molecule has 0 aromatic carbocycles. The molecule has 1 saturated heterocycles. The van der Waals surface area contributed by atoms with Crippen LogP contribution in [0.3, 0.4) is 0 Å². The van der Waals surface area contributed by atoms with Crippen LogP contribution in [0.15, 0.2) is 0 Å². The molecule has 0 bridgehead atoms. The summed E-state index contributed by atoms with van der Waals surface area (Å²) in [6.07, 6.45) is 0.654. The van der Waals surface area contributed by atoms with Gasteiger partial charge in [0.15, 0.2) is 0 Å². The molecule has 0 aliphatic carbocycles. The SMILES string of the molecule is CC(C)C(=O)N1CCC(C(C)O)C1. The first-order chi connectivity index (χ1) is 6.02. The molecule has 1 aliphatic heterocycles. The van der Waals surface area contributed by atoms with Gasteiger partial charge in [-0.25, -0.2) is 0 Å². The van der Waals surface area contributed by atoms with E-state index in [1.807, 2.05) is 18.7 Å². The Hall–Kier alpha value is -0.570. The number of carbonyl (C=O) groups excluding carboxylic acids is 1. The number of hydrogen-bond donors (Lipinski definition) is 1. The van der Waals surface area contributed by atoms with Crippen LogP contribution in [0.1, 0.15) is 27.2 Å². The Balaban J connectivity index is 2.45. The molecular weight excluding hydrogens is 166 g/mol. The van der Waals surface area contributed by atoms with Crippen molar-refractivity contribution in [1.82, 2.24) is 4.90 Å². The van der Waals surface area contributed by atoms with E-state index in [4.69, 9.17) is 0 Å². The van der Waals surface area contributed by atoms with Gasteiger partial charge in [-0.3, -0.25) is 4.79 Å². The van der Waals surface area contributed by atoms with Gasteiger partial charge >= 0.3 is 0 Å². The Morgan fingerprint density at radius 2 is 2.08 bits per heavy atom. The van der Waals surface area contributed by atoms with E-state index in [-0.39, 0.29) is 23.8 Å². The van der Waals surface area contributed by atoms with Gasteiger partial charge in [0.1, 0.15) is 0 Å². The summed E-state index contributed by atoms with van der Waals surface area (Å²) in [6.45, 7) is 7.17. The molecule has 1 rings (SSSR count). The van der Waals surface area contributed by atoms with E-state index < -0.39 is 0 Å². The molecule has 1 N–H and O–H groups in total. The molecule has 13 heavy (non-hydrogen) atoms. The molecule has 0 aromatic rings. The lowest BCUT2D eigenvalue weighted by Crippen LogP contribution is -2.33. The van der Waals surface area contributed by atoms with Crippen LogP contribution in [0.5, 0.6) is 0 Å². The van der Waals surface area contributed by atoms with E-state index in [2.05, 4.69) is 0 Å². The minimum atomic E-state index is -0.287. The summed E-state index contributed by atoms with van der Waals surface area (Å²) >= 11 is 0. The topological polar surface area (TPSA) is 40.5 Å². The zero-order chi connectivity index (χ0) is 10.0. The second-order valence-corrected chi connectivity index (χ2v) is 4.23. The number of nitrogens with zero attached hydrogens (tertiary/aromatic N) is 1. The molecule has 3 nitrogen and oxygen atoms in total. The Kier molecular flexibility index (Phi) is 3.31. The smallest absolute Gasteiger partial charge is 0.225 e. The molecule has 3 heteroatoms. The van der Waals surface area contributed by atoms with Crippen molar-refractivity contribution >= 4 is 5.91 Å². The first-order valence-electron chi connectivity index (χ1n) is 4.99. The fraction of sp³-hybridized carbons (Fsp3) is 0.900. The van der Waals surface area contributed by atoms with Gasteiger partial charge in [0.25, 0.3) is 0 Å². The quantitative estimate of drug-likeness (QED) is 0.693. The van der Waals surface area contributed by atoms with E-state index >= 15 is 0 Å². The molecule has 2 unspecified atom stereocenters. The first kappa shape index (κ1) is 10.5. The monoisotopic (exact) mass is 185 g/mol. The van der Waals surface area contributed by atoms with Crippen LogP contribution in [0, 0.1) is 11.8 Å². The second-order valence-electron chi connectivity index (χ2n) is 4.23. The number of aliphatic hydroxyl groups excluding tert-OH is 1. The Morgan fingerprint density at radius 1 is 1.46 bits per heavy atom. The fourth-order valence-corrected chi connectivity index (χ4v) is 1.75. The van der Waals surface area contributed by atoms with Gasteiger partial charge in [-0.15, -0.1) is 0 Å². The van der Waals surface area contributed by atoms with E-state index in [9.17, 15) is 9.90 Å². The number of hydrogen-bond acceptors (Lipinski definition) is 2. The van der Waals surface area contributed by atoms with Crippen LogP contribution in [0.25, 0.3) is 0 Å². The maximum absolute atomic E-state index is 11.6. The van der Waals surface area contributed by atoms with Crippen molar-refractivity contribution in [2.24, 2.45) is 11.8 Å². The summed E-state index contributed by atoms with van der Waals surface area (Å²) < 4.78 is 0. The third-order valence-corrected chi connectivity index (χ3v) is 2.71. The zero-order valence-electron chi connectivity index (χ0n) is 8.66. The van der Waals surface area contributed by atoms with Crippen LogP contribution in [-0.2, 0) is 4.79 Å². The number of rotatable bonds is 2. The van der Waals surface area contributed by atoms with Crippen molar-refractivity contribution in [2.75, 3.05) is 13.1 Å². The van der Waals surface area contributed by atoms with Crippen molar-refractivity contribution in [1.29, 1.82) is 0 Å². The van der Waals surface area contributed by atoms with Crippen molar-refractivity contribution < 1.29 is 9.90 Å². The maximum atomic E-state index is 11.6. The lowest BCUT2D eigenvalue weighted by Gasteiger charge is -2.19. The Bertz CT molecular complexity index is 189. The number of aliphatic hydroxyl groups is 1. The summed E-state index contributed by atoms with van der Waals surface area (Å²) in [6, 6.07) is 0. The highest BCUT2D eigenvalue weighted by molar-refractivity contribution is 5.78. The average Bonchev–Trinajstić information content (AvgIpc) is 2.50. The number of likely N-dealkylation sites (tertiary alicyclic amines) is 1. The van der Waals surface area contributed by atoms with E-state index in [0.29, 0.717) is 0 Å². The highest BCUT2D eigenvalue weighted by Gasteiger charge is 2.29. The van der Waals surface area contributed by atoms with E-state index in [1.54, 1.807) is 6.92 Å². The van der Waals surface area contributed by atoms with Gasteiger partial charge in [-0.05, 0) is 13.3 Å². The summed E-state index contributed by atoms with van der Waals surface area (Å²) in [5, 5.41) is 9.35. The summed E-state index contributed by atoms with van der Waals surface area (Å²) in [5.41, 5.74) is 0. The molecule has 76 valence electrons. The molecule has 1 heterocycles. The van der Waals surface area contributed by atoms with Crippen molar-refractivity contribution in [3.8, 4) is 0 Å². The minimum Gasteiger partial charge on any atom is -0.393 e. The fourth-order valence-electron chi connectivity index (χ4n) is 1.75. The molecule has 0 spiro atoms. The average molecular weight is 185 g/mol. The van der Waals surface area contributed by atoms with Crippen molar-refractivity contribution in [3.05, 3.63) is 0 Å². The Labute approximate surface area is 79.7 Å². The van der Waals surface area contributed by atoms with Crippen LogP contribution < -0.4 is 0 Å². The lowest BCUT2D eigenvalue weighted by atomic mass is 10.0. The molecular formula is C10H19NO2.